The zero-order valence-corrected chi connectivity index (χ0v) is 17.8. The summed E-state index contributed by atoms with van der Waals surface area (Å²) < 4.78 is 31.7. The van der Waals surface area contributed by atoms with E-state index in [1.54, 1.807) is 38.5 Å². The summed E-state index contributed by atoms with van der Waals surface area (Å²) in [5.41, 5.74) is 3.12. The number of fused-ring (bicyclic) bond motifs is 3. The minimum absolute atomic E-state index is 0.129. The molecule has 0 bridgehead atoms. The number of ether oxygens (including phenoxy) is 3. The van der Waals surface area contributed by atoms with E-state index in [1.807, 2.05) is 35.3 Å². The molecular weight excluding hydrogens is 419 g/mol. The fourth-order valence-corrected chi connectivity index (χ4v) is 4.31. The van der Waals surface area contributed by atoms with E-state index >= 15 is 0 Å². The maximum absolute atomic E-state index is 14.7. The Balaban J connectivity index is 1.60. The zero-order valence-electron chi connectivity index (χ0n) is 17.0. The van der Waals surface area contributed by atoms with Gasteiger partial charge >= 0.3 is 0 Å². The van der Waals surface area contributed by atoms with Gasteiger partial charge in [0.15, 0.2) is 11.5 Å². The van der Waals surface area contributed by atoms with Crippen molar-refractivity contribution >= 4 is 17.3 Å². The topological polar surface area (TPSA) is 43.3 Å². The fraction of sp³-hybridized carbons (Fsp3) is 0.208. The minimum Gasteiger partial charge on any atom is -0.493 e. The molecule has 7 heteroatoms. The van der Waals surface area contributed by atoms with E-state index in [0.29, 0.717) is 34.3 Å². The summed E-state index contributed by atoms with van der Waals surface area (Å²) in [5.74, 6) is 1.62. The third-order valence-electron chi connectivity index (χ3n) is 5.64. The summed E-state index contributed by atoms with van der Waals surface area (Å²) in [5, 5.41) is 7.30. The zero-order chi connectivity index (χ0) is 21.5. The maximum atomic E-state index is 14.7. The fourth-order valence-electron chi connectivity index (χ4n) is 4.13. The second-order valence-electron chi connectivity index (χ2n) is 7.39. The Bertz CT molecular complexity index is 1180. The first kappa shape index (κ1) is 19.7. The number of halogens is 2. The molecule has 2 heterocycles. The van der Waals surface area contributed by atoms with Gasteiger partial charge in [0.2, 0.25) is 6.23 Å². The molecule has 0 unspecified atom stereocenters. The van der Waals surface area contributed by atoms with Crippen LogP contribution in [0.2, 0.25) is 5.02 Å². The first-order valence-electron chi connectivity index (χ1n) is 9.88. The van der Waals surface area contributed by atoms with E-state index in [9.17, 15) is 4.39 Å². The summed E-state index contributed by atoms with van der Waals surface area (Å²) in [6, 6.07) is 17.7. The Hall–Kier alpha value is -3.25. The van der Waals surface area contributed by atoms with Gasteiger partial charge in [0.05, 0.1) is 31.5 Å². The monoisotopic (exact) mass is 438 g/mol. The van der Waals surface area contributed by atoms with Crippen molar-refractivity contribution in [3.63, 3.8) is 0 Å². The highest BCUT2D eigenvalue weighted by molar-refractivity contribution is 6.30. The molecule has 31 heavy (non-hydrogen) atoms. The molecule has 2 aliphatic heterocycles. The first-order valence-corrected chi connectivity index (χ1v) is 10.3. The van der Waals surface area contributed by atoms with Gasteiger partial charge in [0.25, 0.3) is 0 Å². The third-order valence-corrected chi connectivity index (χ3v) is 5.88. The number of nitrogens with zero attached hydrogens (tertiary/aromatic N) is 2. The number of methoxy groups -OCH3 is 2. The number of rotatable bonds is 4. The first-order chi connectivity index (χ1) is 15.1. The highest BCUT2D eigenvalue weighted by Crippen LogP contribution is 2.48. The summed E-state index contributed by atoms with van der Waals surface area (Å²) in [7, 11) is 3.20. The molecule has 3 aromatic carbocycles. The standard InChI is InChI=1S/C24H20ClFN2O3/c1-29-22-9-7-14(11-23(22)30-2)19-13-20-17-12-15(25)8-10-21(17)31-24(28(20)27-19)16-5-3-4-6-18(16)26/h3-12,20,24H,13H2,1-2H3/t20-,24+/m0/s1. The average Bonchev–Trinajstić information content (AvgIpc) is 3.24. The highest BCUT2D eigenvalue weighted by atomic mass is 35.5. The Labute approximate surface area is 184 Å². The van der Waals surface area contributed by atoms with Crippen LogP contribution in [0.5, 0.6) is 17.2 Å². The number of hydrogen-bond donors (Lipinski definition) is 0. The van der Waals surface area contributed by atoms with Crippen LogP contribution in [0.25, 0.3) is 0 Å². The van der Waals surface area contributed by atoms with Crippen LogP contribution in [0.3, 0.4) is 0 Å². The molecule has 3 aromatic rings. The number of hydrazone groups is 1. The van der Waals surface area contributed by atoms with E-state index in [4.69, 9.17) is 30.9 Å². The Morgan fingerprint density at radius 2 is 1.81 bits per heavy atom. The Morgan fingerprint density at radius 1 is 1.00 bits per heavy atom. The van der Waals surface area contributed by atoms with Gasteiger partial charge in [-0.3, -0.25) is 0 Å². The van der Waals surface area contributed by atoms with Crippen molar-refractivity contribution in [3.8, 4) is 17.2 Å². The van der Waals surface area contributed by atoms with Gasteiger partial charge in [-0.15, -0.1) is 0 Å². The summed E-state index contributed by atoms with van der Waals surface area (Å²) in [4.78, 5) is 0. The lowest BCUT2D eigenvalue weighted by Gasteiger charge is -2.38. The van der Waals surface area contributed by atoms with Crippen molar-refractivity contribution in [2.24, 2.45) is 5.10 Å². The molecule has 0 fully saturated rings. The lowest BCUT2D eigenvalue weighted by Crippen LogP contribution is -2.34. The van der Waals surface area contributed by atoms with Crippen molar-refractivity contribution in [1.29, 1.82) is 0 Å². The molecule has 0 radical (unpaired) electrons. The normalized spacial score (nSPS) is 19.2. The van der Waals surface area contributed by atoms with Crippen LogP contribution in [0.4, 0.5) is 4.39 Å². The average molecular weight is 439 g/mol. The second-order valence-corrected chi connectivity index (χ2v) is 7.83. The van der Waals surface area contributed by atoms with Crippen molar-refractivity contribution in [3.05, 3.63) is 88.2 Å². The van der Waals surface area contributed by atoms with Gasteiger partial charge < -0.3 is 14.2 Å². The molecule has 0 amide bonds. The summed E-state index contributed by atoms with van der Waals surface area (Å²) in [6.45, 7) is 0. The van der Waals surface area contributed by atoms with Gasteiger partial charge in [-0.05, 0) is 42.5 Å². The molecule has 2 aliphatic rings. The number of hydrogen-bond acceptors (Lipinski definition) is 5. The molecule has 5 nitrogen and oxygen atoms in total. The number of benzene rings is 3. The van der Waals surface area contributed by atoms with Crippen LogP contribution in [-0.4, -0.2) is 24.9 Å². The van der Waals surface area contributed by atoms with E-state index < -0.39 is 6.23 Å². The highest BCUT2D eigenvalue weighted by Gasteiger charge is 2.42. The Kier molecular flexibility index (Phi) is 4.94. The smallest absolute Gasteiger partial charge is 0.216 e. The quantitative estimate of drug-likeness (QED) is 0.521. The van der Waals surface area contributed by atoms with E-state index in [1.165, 1.54) is 6.07 Å². The minimum atomic E-state index is -0.683. The van der Waals surface area contributed by atoms with Crippen LogP contribution < -0.4 is 14.2 Å². The Morgan fingerprint density at radius 3 is 2.58 bits per heavy atom. The molecule has 2 atom stereocenters. The van der Waals surface area contributed by atoms with Crippen LogP contribution in [0.15, 0.2) is 65.8 Å². The van der Waals surface area contributed by atoms with Crippen LogP contribution in [0, 0.1) is 5.82 Å². The molecule has 0 saturated heterocycles. The summed E-state index contributed by atoms with van der Waals surface area (Å²) >= 11 is 6.27. The maximum Gasteiger partial charge on any atom is 0.216 e. The molecule has 5 rings (SSSR count). The molecule has 0 saturated carbocycles. The van der Waals surface area contributed by atoms with Gasteiger partial charge in [-0.2, -0.15) is 5.10 Å². The van der Waals surface area contributed by atoms with Crippen LogP contribution in [-0.2, 0) is 0 Å². The van der Waals surface area contributed by atoms with Crippen LogP contribution >= 0.6 is 11.6 Å². The molecule has 0 N–H and O–H groups in total. The molecule has 158 valence electrons. The van der Waals surface area contributed by atoms with E-state index in [2.05, 4.69) is 0 Å². The second kappa shape index (κ2) is 7.78. The predicted molar refractivity (Wildman–Crippen MR) is 117 cm³/mol. The van der Waals surface area contributed by atoms with E-state index in [0.717, 1.165) is 16.8 Å². The van der Waals surface area contributed by atoms with Gasteiger partial charge in [-0.1, -0.05) is 29.8 Å². The summed E-state index contributed by atoms with van der Waals surface area (Å²) in [6.07, 6.45) is -0.0607. The molecule has 0 spiro atoms. The predicted octanol–water partition coefficient (Wildman–Crippen LogP) is 5.74. The van der Waals surface area contributed by atoms with Crippen molar-refractivity contribution < 1.29 is 18.6 Å². The lowest BCUT2D eigenvalue weighted by molar-refractivity contribution is -0.0211. The van der Waals surface area contributed by atoms with Gasteiger partial charge in [0, 0.05) is 22.6 Å². The SMILES string of the molecule is COc1ccc(C2=NN3[C@@H](c4ccccc4F)Oc4ccc(Cl)cc4[C@@H]3C2)cc1OC. The van der Waals surface area contributed by atoms with Gasteiger partial charge in [-0.25, -0.2) is 9.40 Å². The van der Waals surface area contributed by atoms with Crippen molar-refractivity contribution in [1.82, 2.24) is 5.01 Å². The molecular formula is C24H20ClFN2O3. The molecule has 0 aliphatic carbocycles. The van der Waals surface area contributed by atoms with E-state index in [-0.39, 0.29) is 11.9 Å². The lowest BCUT2D eigenvalue weighted by atomic mass is 9.95. The molecule has 0 aromatic heterocycles. The largest absolute Gasteiger partial charge is 0.493 e. The van der Waals surface area contributed by atoms with Crippen molar-refractivity contribution in [2.45, 2.75) is 18.7 Å². The van der Waals surface area contributed by atoms with Crippen molar-refractivity contribution in [2.75, 3.05) is 14.2 Å². The third kappa shape index (κ3) is 3.37. The van der Waals surface area contributed by atoms with Gasteiger partial charge in [0.1, 0.15) is 11.6 Å². The van der Waals surface area contributed by atoms with Crippen LogP contribution in [0.1, 0.15) is 35.4 Å².